The molecular weight excluding hydrogens is 238 g/mol. The summed E-state index contributed by atoms with van der Waals surface area (Å²) in [5.74, 6) is -0.355. The number of nitrogens with one attached hydrogen (secondary N) is 2. The van der Waals surface area contributed by atoms with Gasteiger partial charge in [0.2, 0.25) is 0 Å². The van der Waals surface area contributed by atoms with Gasteiger partial charge in [-0.15, -0.1) is 0 Å². The molecule has 0 spiro atoms. The van der Waals surface area contributed by atoms with E-state index in [1.807, 2.05) is 6.92 Å². The maximum atomic E-state index is 11.4. The number of carbonyl (C=O) groups is 2. The fourth-order valence-electron chi connectivity index (χ4n) is 1.41. The van der Waals surface area contributed by atoms with Crippen LogP contribution >= 0.6 is 0 Å². The minimum absolute atomic E-state index is 0.0544. The maximum Gasteiger partial charge on any atom is 0.315 e. The van der Waals surface area contributed by atoms with E-state index < -0.39 is 5.97 Å². The predicted octanol–water partition coefficient (Wildman–Crippen LogP) is 0.975. The number of rotatable bonds is 7. The lowest BCUT2D eigenvalue weighted by Crippen LogP contribution is -2.38. The van der Waals surface area contributed by atoms with Crippen molar-refractivity contribution in [2.75, 3.05) is 6.54 Å². The summed E-state index contributed by atoms with van der Waals surface area (Å²) in [6.45, 7) is 2.48. The van der Waals surface area contributed by atoms with E-state index in [0.717, 1.165) is 0 Å². The van der Waals surface area contributed by atoms with E-state index in [9.17, 15) is 9.59 Å². The van der Waals surface area contributed by atoms with Gasteiger partial charge in [0.05, 0.1) is 12.7 Å². The van der Waals surface area contributed by atoms with Crippen molar-refractivity contribution >= 4 is 12.0 Å². The molecule has 0 saturated carbocycles. The normalized spacial score (nSPS) is 11.8. The quantitative estimate of drug-likeness (QED) is 0.673. The summed E-state index contributed by atoms with van der Waals surface area (Å²) in [5.41, 5.74) is 0. The summed E-state index contributed by atoms with van der Waals surface area (Å²) in [4.78, 5) is 22.0. The molecule has 2 amide bonds. The van der Waals surface area contributed by atoms with Crippen LogP contribution < -0.4 is 10.6 Å². The molecule has 1 aromatic rings. The predicted molar refractivity (Wildman–Crippen MR) is 62.8 cm³/mol. The SMILES string of the molecule is CCC(CNC(=O)NCc1ccno1)CC(=O)O. The highest BCUT2D eigenvalue weighted by Crippen LogP contribution is 2.06. The van der Waals surface area contributed by atoms with Gasteiger partial charge in [0.15, 0.2) is 5.76 Å². The number of carboxylic acid groups (broad SMARTS) is 1. The van der Waals surface area contributed by atoms with Crippen molar-refractivity contribution < 1.29 is 19.2 Å². The van der Waals surface area contributed by atoms with Crippen LogP contribution in [0.15, 0.2) is 16.8 Å². The molecule has 3 N–H and O–H groups in total. The van der Waals surface area contributed by atoms with Gasteiger partial charge in [-0.3, -0.25) is 4.79 Å². The first kappa shape index (κ1) is 14.0. The van der Waals surface area contributed by atoms with Crippen LogP contribution in [0.25, 0.3) is 0 Å². The van der Waals surface area contributed by atoms with E-state index in [1.54, 1.807) is 6.07 Å². The third kappa shape index (κ3) is 5.33. The van der Waals surface area contributed by atoms with Crippen LogP contribution in [-0.2, 0) is 11.3 Å². The lowest BCUT2D eigenvalue weighted by atomic mass is 10.0. The number of carboxylic acids is 1. The van der Waals surface area contributed by atoms with Crippen molar-refractivity contribution in [1.82, 2.24) is 15.8 Å². The highest BCUT2D eigenvalue weighted by Gasteiger charge is 2.12. The van der Waals surface area contributed by atoms with Crippen molar-refractivity contribution in [2.45, 2.75) is 26.3 Å². The van der Waals surface area contributed by atoms with Gasteiger partial charge in [0.1, 0.15) is 0 Å². The van der Waals surface area contributed by atoms with E-state index in [1.165, 1.54) is 6.20 Å². The zero-order chi connectivity index (χ0) is 13.4. The lowest BCUT2D eigenvalue weighted by molar-refractivity contribution is -0.138. The number of amides is 2. The standard InChI is InChI=1S/C11H17N3O4/c1-2-8(5-10(15)16)6-12-11(17)13-7-9-3-4-14-18-9/h3-4,8H,2,5-7H2,1H3,(H,15,16)(H2,12,13,17). The number of carbonyl (C=O) groups excluding carboxylic acids is 1. The van der Waals surface area contributed by atoms with E-state index in [0.29, 0.717) is 18.7 Å². The zero-order valence-corrected chi connectivity index (χ0v) is 10.2. The van der Waals surface area contributed by atoms with Crippen LogP contribution in [-0.4, -0.2) is 28.8 Å². The van der Waals surface area contributed by atoms with Crippen LogP contribution in [0.2, 0.25) is 0 Å². The Kier molecular flexibility index (Phi) is 5.69. The molecular formula is C11H17N3O4. The Bertz CT molecular complexity index is 378. The number of aromatic nitrogens is 1. The van der Waals surface area contributed by atoms with Crippen molar-refractivity contribution in [3.05, 3.63) is 18.0 Å². The molecule has 1 heterocycles. The lowest BCUT2D eigenvalue weighted by Gasteiger charge is -2.13. The molecule has 18 heavy (non-hydrogen) atoms. The fraction of sp³-hybridized carbons (Fsp3) is 0.545. The molecule has 0 bridgehead atoms. The van der Waals surface area contributed by atoms with Crippen LogP contribution in [0, 0.1) is 5.92 Å². The van der Waals surface area contributed by atoms with E-state index in [-0.39, 0.29) is 24.9 Å². The van der Waals surface area contributed by atoms with Crippen LogP contribution in [0.1, 0.15) is 25.5 Å². The van der Waals surface area contributed by atoms with Crippen LogP contribution in [0.4, 0.5) is 4.79 Å². The largest absolute Gasteiger partial charge is 0.481 e. The van der Waals surface area contributed by atoms with Crippen molar-refractivity contribution in [3.63, 3.8) is 0 Å². The van der Waals surface area contributed by atoms with Crippen LogP contribution in [0.5, 0.6) is 0 Å². The smallest absolute Gasteiger partial charge is 0.315 e. The Morgan fingerprint density at radius 1 is 1.50 bits per heavy atom. The topological polar surface area (TPSA) is 104 Å². The van der Waals surface area contributed by atoms with E-state index >= 15 is 0 Å². The highest BCUT2D eigenvalue weighted by molar-refractivity contribution is 5.73. The molecule has 0 aromatic carbocycles. The van der Waals surface area contributed by atoms with Gasteiger partial charge in [-0.05, 0) is 5.92 Å². The first-order valence-corrected chi connectivity index (χ1v) is 5.74. The average Bonchev–Trinajstić information content (AvgIpc) is 2.84. The second-order valence-corrected chi connectivity index (χ2v) is 3.91. The molecule has 0 radical (unpaired) electrons. The Balaban J connectivity index is 2.21. The Morgan fingerprint density at radius 2 is 2.28 bits per heavy atom. The summed E-state index contributed by atoms with van der Waals surface area (Å²) >= 11 is 0. The molecule has 0 aliphatic carbocycles. The Morgan fingerprint density at radius 3 is 2.83 bits per heavy atom. The Labute approximate surface area is 105 Å². The molecule has 7 nitrogen and oxygen atoms in total. The van der Waals surface area contributed by atoms with Crippen LogP contribution in [0.3, 0.4) is 0 Å². The molecule has 0 aliphatic heterocycles. The molecule has 1 atom stereocenters. The number of hydrogen-bond donors (Lipinski definition) is 3. The van der Waals surface area contributed by atoms with E-state index in [4.69, 9.17) is 9.63 Å². The van der Waals surface area contributed by atoms with Gasteiger partial charge in [-0.1, -0.05) is 18.5 Å². The summed E-state index contributed by atoms with van der Waals surface area (Å²) in [6, 6.07) is 1.30. The number of urea groups is 1. The first-order valence-electron chi connectivity index (χ1n) is 5.74. The van der Waals surface area contributed by atoms with Gasteiger partial charge in [0, 0.05) is 19.0 Å². The minimum Gasteiger partial charge on any atom is -0.481 e. The van der Waals surface area contributed by atoms with Gasteiger partial charge in [-0.2, -0.15) is 0 Å². The van der Waals surface area contributed by atoms with Crippen molar-refractivity contribution in [1.29, 1.82) is 0 Å². The maximum absolute atomic E-state index is 11.4. The molecule has 0 saturated heterocycles. The van der Waals surface area contributed by atoms with Gasteiger partial charge in [0.25, 0.3) is 0 Å². The number of hydrogen-bond acceptors (Lipinski definition) is 4. The summed E-state index contributed by atoms with van der Waals surface area (Å²) < 4.78 is 4.81. The zero-order valence-electron chi connectivity index (χ0n) is 10.2. The third-order valence-electron chi connectivity index (χ3n) is 2.51. The summed E-state index contributed by atoms with van der Waals surface area (Å²) in [7, 11) is 0. The Hall–Kier alpha value is -2.05. The van der Waals surface area contributed by atoms with Crippen molar-refractivity contribution in [2.24, 2.45) is 5.92 Å². The van der Waals surface area contributed by atoms with Crippen molar-refractivity contribution in [3.8, 4) is 0 Å². The minimum atomic E-state index is -0.856. The van der Waals surface area contributed by atoms with Gasteiger partial charge in [-0.25, -0.2) is 4.79 Å². The molecule has 1 unspecified atom stereocenters. The molecule has 7 heteroatoms. The number of aliphatic carboxylic acids is 1. The average molecular weight is 255 g/mol. The first-order chi connectivity index (χ1) is 8.61. The van der Waals surface area contributed by atoms with Gasteiger partial charge < -0.3 is 20.3 Å². The molecule has 1 aromatic heterocycles. The second kappa shape index (κ2) is 7.31. The highest BCUT2D eigenvalue weighted by atomic mass is 16.5. The monoisotopic (exact) mass is 255 g/mol. The molecule has 0 aliphatic rings. The fourth-order valence-corrected chi connectivity index (χ4v) is 1.41. The summed E-state index contributed by atoms with van der Waals surface area (Å²) in [6.07, 6.45) is 2.25. The van der Waals surface area contributed by atoms with E-state index in [2.05, 4.69) is 15.8 Å². The number of nitrogens with zero attached hydrogens (tertiary/aromatic N) is 1. The second-order valence-electron chi connectivity index (χ2n) is 3.91. The van der Waals surface area contributed by atoms with Gasteiger partial charge >= 0.3 is 12.0 Å². The summed E-state index contributed by atoms with van der Waals surface area (Å²) in [5, 5.41) is 17.4. The molecule has 100 valence electrons. The molecule has 1 rings (SSSR count). The third-order valence-corrected chi connectivity index (χ3v) is 2.51. The molecule has 0 fully saturated rings.